The van der Waals surface area contributed by atoms with Gasteiger partial charge >= 0.3 is 0 Å². The van der Waals surface area contributed by atoms with Crippen molar-refractivity contribution in [2.24, 2.45) is 10.3 Å². The smallest absolute Gasteiger partial charge is 0.144 e. The number of benzene rings is 1. The summed E-state index contributed by atoms with van der Waals surface area (Å²) in [5.41, 5.74) is 2.93. The van der Waals surface area contributed by atoms with Crippen LogP contribution >= 0.6 is 0 Å². The van der Waals surface area contributed by atoms with Crippen LogP contribution in [0.5, 0.6) is 0 Å². The normalized spacial score (nSPS) is 18.2. The SMILES string of the molecule is CC(C)(C)S(=O)/N=C/CC1Cc2ccccc2C1. The Balaban J connectivity index is 1.88. The van der Waals surface area contributed by atoms with Gasteiger partial charge in [0.25, 0.3) is 0 Å². The van der Waals surface area contributed by atoms with Crippen molar-refractivity contribution in [1.29, 1.82) is 0 Å². The molecule has 2 rings (SSSR count). The van der Waals surface area contributed by atoms with Crippen LogP contribution in [0, 0.1) is 5.92 Å². The lowest BCUT2D eigenvalue weighted by molar-refractivity contribution is 0.592. The van der Waals surface area contributed by atoms with E-state index in [0.717, 1.165) is 19.3 Å². The van der Waals surface area contributed by atoms with Crippen molar-refractivity contribution in [3.05, 3.63) is 35.4 Å². The molecule has 0 fully saturated rings. The van der Waals surface area contributed by atoms with Crippen LogP contribution < -0.4 is 0 Å². The highest BCUT2D eigenvalue weighted by Gasteiger charge is 2.21. The van der Waals surface area contributed by atoms with Crippen molar-refractivity contribution in [3.63, 3.8) is 0 Å². The van der Waals surface area contributed by atoms with E-state index in [1.807, 2.05) is 27.0 Å². The lowest BCUT2D eigenvalue weighted by atomic mass is 10.0. The van der Waals surface area contributed by atoms with Gasteiger partial charge in [0.2, 0.25) is 0 Å². The molecule has 0 spiro atoms. The van der Waals surface area contributed by atoms with Gasteiger partial charge < -0.3 is 0 Å². The van der Waals surface area contributed by atoms with Crippen molar-refractivity contribution in [3.8, 4) is 0 Å². The van der Waals surface area contributed by atoms with Crippen molar-refractivity contribution in [2.75, 3.05) is 0 Å². The maximum Gasteiger partial charge on any atom is 0.144 e. The first-order valence-corrected chi connectivity index (χ1v) is 7.59. The van der Waals surface area contributed by atoms with Gasteiger partial charge in [-0.25, -0.2) is 4.21 Å². The first kappa shape index (κ1) is 13.5. The third kappa shape index (κ3) is 3.29. The van der Waals surface area contributed by atoms with Gasteiger partial charge in [0.05, 0.1) is 4.75 Å². The minimum absolute atomic E-state index is 0.255. The Labute approximate surface area is 112 Å². The third-order valence-corrected chi connectivity index (χ3v) is 4.66. The van der Waals surface area contributed by atoms with Gasteiger partial charge in [-0.3, -0.25) is 0 Å². The molecule has 0 saturated heterocycles. The zero-order valence-corrected chi connectivity index (χ0v) is 12.2. The molecule has 0 aromatic heterocycles. The van der Waals surface area contributed by atoms with E-state index in [4.69, 9.17) is 0 Å². The molecule has 0 amide bonds. The number of fused-ring (bicyclic) bond motifs is 1. The van der Waals surface area contributed by atoms with Gasteiger partial charge in [-0.15, -0.1) is 0 Å². The van der Waals surface area contributed by atoms with Crippen molar-refractivity contribution >= 4 is 17.2 Å². The second kappa shape index (κ2) is 5.35. The van der Waals surface area contributed by atoms with E-state index in [1.165, 1.54) is 11.1 Å². The predicted octanol–water partition coefficient (Wildman–Crippen LogP) is 3.32. The van der Waals surface area contributed by atoms with E-state index >= 15 is 0 Å². The predicted molar refractivity (Wildman–Crippen MR) is 78.3 cm³/mol. The molecular weight excluding hydrogens is 242 g/mol. The van der Waals surface area contributed by atoms with Crippen LogP contribution in [0.25, 0.3) is 0 Å². The molecule has 98 valence electrons. The molecule has 0 aliphatic heterocycles. The van der Waals surface area contributed by atoms with Crippen LogP contribution in [-0.2, 0) is 23.8 Å². The van der Waals surface area contributed by atoms with Gasteiger partial charge in [-0.2, -0.15) is 4.40 Å². The summed E-state index contributed by atoms with van der Waals surface area (Å²) in [5, 5.41) is 0. The van der Waals surface area contributed by atoms with E-state index in [1.54, 1.807) is 0 Å². The Morgan fingerprint density at radius 2 is 1.83 bits per heavy atom. The van der Waals surface area contributed by atoms with Crippen LogP contribution in [0.15, 0.2) is 28.7 Å². The average Bonchev–Trinajstić information content (AvgIpc) is 2.70. The van der Waals surface area contributed by atoms with Crippen molar-refractivity contribution < 1.29 is 4.21 Å². The molecule has 0 heterocycles. The second-order valence-corrected chi connectivity index (χ2v) is 7.86. The van der Waals surface area contributed by atoms with E-state index in [-0.39, 0.29) is 4.75 Å². The largest absolute Gasteiger partial charge is 0.234 e. The lowest BCUT2D eigenvalue weighted by Crippen LogP contribution is -2.19. The van der Waals surface area contributed by atoms with Gasteiger partial charge in [-0.05, 0) is 57.1 Å². The van der Waals surface area contributed by atoms with Gasteiger partial charge in [0.1, 0.15) is 11.0 Å². The second-order valence-electron chi connectivity index (χ2n) is 5.93. The minimum Gasteiger partial charge on any atom is -0.234 e. The molecule has 3 heteroatoms. The highest BCUT2D eigenvalue weighted by molar-refractivity contribution is 7.85. The molecule has 1 aliphatic carbocycles. The highest BCUT2D eigenvalue weighted by atomic mass is 32.2. The maximum absolute atomic E-state index is 11.8. The molecule has 0 saturated carbocycles. The summed E-state index contributed by atoms with van der Waals surface area (Å²) >= 11 is 0. The minimum atomic E-state index is -1.12. The summed E-state index contributed by atoms with van der Waals surface area (Å²) in [6.07, 6.45) is 5.04. The molecule has 1 aliphatic rings. The fraction of sp³-hybridized carbons (Fsp3) is 0.533. The fourth-order valence-electron chi connectivity index (χ4n) is 2.23. The Morgan fingerprint density at radius 1 is 1.28 bits per heavy atom. The molecule has 18 heavy (non-hydrogen) atoms. The third-order valence-electron chi connectivity index (χ3n) is 3.27. The first-order chi connectivity index (χ1) is 8.47. The van der Waals surface area contributed by atoms with Crippen LogP contribution in [0.3, 0.4) is 0 Å². The van der Waals surface area contributed by atoms with E-state index < -0.39 is 11.0 Å². The molecule has 0 bridgehead atoms. The average molecular weight is 263 g/mol. The summed E-state index contributed by atoms with van der Waals surface area (Å²) in [6.45, 7) is 5.85. The monoisotopic (exact) mass is 263 g/mol. The number of hydrogen-bond acceptors (Lipinski definition) is 1. The van der Waals surface area contributed by atoms with Gasteiger partial charge in [0.15, 0.2) is 0 Å². The van der Waals surface area contributed by atoms with Gasteiger partial charge in [0, 0.05) is 6.21 Å². The Morgan fingerprint density at radius 3 is 2.33 bits per heavy atom. The topological polar surface area (TPSA) is 29.4 Å². The summed E-state index contributed by atoms with van der Waals surface area (Å²) in [4.78, 5) is 0. The lowest BCUT2D eigenvalue weighted by Gasteiger charge is -2.13. The first-order valence-electron chi connectivity index (χ1n) is 6.48. The van der Waals surface area contributed by atoms with E-state index in [0.29, 0.717) is 5.92 Å². The summed E-state index contributed by atoms with van der Waals surface area (Å²) in [6, 6.07) is 8.62. The highest BCUT2D eigenvalue weighted by Crippen LogP contribution is 2.28. The quantitative estimate of drug-likeness (QED) is 0.769. The molecule has 1 aromatic rings. The molecule has 2 nitrogen and oxygen atoms in total. The van der Waals surface area contributed by atoms with E-state index in [9.17, 15) is 4.21 Å². The van der Waals surface area contributed by atoms with Crippen molar-refractivity contribution in [1.82, 2.24) is 0 Å². The van der Waals surface area contributed by atoms with Gasteiger partial charge in [-0.1, -0.05) is 24.3 Å². The van der Waals surface area contributed by atoms with Crippen LogP contribution in [0.1, 0.15) is 38.3 Å². The molecular formula is C15H21NOS. The molecule has 1 unspecified atom stereocenters. The molecule has 1 atom stereocenters. The standard InChI is InChI=1S/C15H21NOS/c1-15(2,3)18(17)16-9-8-12-10-13-6-4-5-7-14(13)11-12/h4-7,9,12H,8,10-11H2,1-3H3/b16-9+. The van der Waals surface area contributed by atoms with Crippen LogP contribution in [0.2, 0.25) is 0 Å². The summed E-state index contributed by atoms with van der Waals surface area (Å²) < 4.78 is 15.7. The fourth-order valence-corrected chi connectivity index (χ4v) is 2.77. The summed E-state index contributed by atoms with van der Waals surface area (Å²) in [5.74, 6) is 0.628. The van der Waals surface area contributed by atoms with Crippen LogP contribution in [-0.4, -0.2) is 15.2 Å². The molecule has 0 radical (unpaired) electrons. The maximum atomic E-state index is 11.8. The Hall–Kier alpha value is -0.960. The molecule has 0 N–H and O–H groups in total. The number of rotatable bonds is 3. The molecule has 1 aromatic carbocycles. The Bertz CT molecular complexity index is 449. The Kier molecular flexibility index (Phi) is 4.00. The van der Waals surface area contributed by atoms with Crippen molar-refractivity contribution in [2.45, 2.75) is 44.8 Å². The van der Waals surface area contributed by atoms with E-state index in [2.05, 4.69) is 28.7 Å². The number of nitrogens with zero attached hydrogens (tertiary/aromatic N) is 1. The zero-order valence-electron chi connectivity index (χ0n) is 11.3. The summed E-state index contributed by atoms with van der Waals surface area (Å²) in [7, 11) is -1.12. The van der Waals surface area contributed by atoms with Crippen LogP contribution in [0.4, 0.5) is 0 Å². The zero-order chi connectivity index (χ0) is 13.2. The number of hydrogen-bond donors (Lipinski definition) is 0.